The molecule has 0 bridgehead atoms. The molecule has 31 heavy (non-hydrogen) atoms. The average Bonchev–Trinajstić information content (AvgIpc) is 2.73. The molecule has 0 unspecified atom stereocenters. The van der Waals surface area contributed by atoms with Gasteiger partial charge in [0.25, 0.3) is 0 Å². The maximum absolute atomic E-state index is 14.3. The molecular formula is C22H22FN3O4S. The van der Waals surface area contributed by atoms with Crippen LogP contribution in [0.2, 0.25) is 0 Å². The van der Waals surface area contributed by atoms with E-state index < -0.39 is 27.0 Å². The van der Waals surface area contributed by atoms with Crippen LogP contribution in [0.1, 0.15) is 35.6 Å². The largest absolute Gasteiger partial charge is 0.465 e. The van der Waals surface area contributed by atoms with Crippen LogP contribution in [-0.2, 0) is 26.4 Å². The minimum atomic E-state index is -3.32. The second-order valence-corrected chi connectivity index (χ2v) is 9.82. The fourth-order valence-electron chi connectivity index (χ4n) is 3.11. The molecule has 0 spiro atoms. The molecule has 0 radical (unpaired) electrons. The van der Waals surface area contributed by atoms with Crippen LogP contribution >= 0.6 is 0 Å². The van der Waals surface area contributed by atoms with Gasteiger partial charge in [-0.3, -0.25) is 0 Å². The number of carbonyl (C=O) groups is 1. The van der Waals surface area contributed by atoms with Gasteiger partial charge in [0.2, 0.25) is 0 Å². The number of carbonyl (C=O) groups excluding carboxylic acids is 1. The van der Waals surface area contributed by atoms with Gasteiger partial charge in [-0.15, -0.1) is 10.2 Å². The van der Waals surface area contributed by atoms with Crippen molar-refractivity contribution in [1.82, 2.24) is 15.2 Å². The van der Waals surface area contributed by atoms with E-state index in [-0.39, 0.29) is 21.7 Å². The predicted molar refractivity (Wildman–Crippen MR) is 113 cm³/mol. The number of nitrogens with zero attached hydrogens (tertiary/aromatic N) is 3. The number of sulfone groups is 1. The van der Waals surface area contributed by atoms with E-state index in [1.807, 2.05) is 19.9 Å². The van der Waals surface area contributed by atoms with Crippen LogP contribution in [0.25, 0.3) is 11.3 Å². The molecule has 0 aliphatic carbocycles. The third kappa shape index (κ3) is 5.11. The molecule has 1 aromatic heterocycles. The maximum Gasteiger partial charge on any atom is 0.337 e. The zero-order chi connectivity index (χ0) is 22.8. The van der Waals surface area contributed by atoms with E-state index >= 15 is 0 Å². The lowest BCUT2D eigenvalue weighted by Gasteiger charge is -2.24. The van der Waals surface area contributed by atoms with Crippen molar-refractivity contribution in [2.75, 3.05) is 13.4 Å². The summed E-state index contributed by atoms with van der Waals surface area (Å²) >= 11 is 0. The third-order valence-electron chi connectivity index (χ3n) is 4.92. The second-order valence-electron chi connectivity index (χ2n) is 7.81. The molecule has 9 heteroatoms. The molecule has 3 rings (SSSR count). The first-order chi connectivity index (χ1) is 14.5. The fourth-order valence-corrected chi connectivity index (χ4v) is 3.78. The van der Waals surface area contributed by atoms with Crippen molar-refractivity contribution in [3.05, 3.63) is 71.4 Å². The van der Waals surface area contributed by atoms with Gasteiger partial charge in [0, 0.05) is 18.2 Å². The summed E-state index contributed by atoms with van der Waals surface area (Å²) in [6, 6.07) is 10.6. The first-order valence-corrected chi connectivity index (χ1v) is 11.3. The van der Waals surface area contributed by atoms with Crippen molar-refractivity contribution in [2.45, 2.75) is 30.6 Å². The van der Waals surface area contributed by atoms with E-state index in [9.17, 15) is 17.6 Å². The van der Waals surface area contributed by atoms with Crippen molar-refractivity contribution < 1.29 is 22.3 Å². The maximum atomic E-state index is 14.3. The number of aromatic nitrogens is 3. The number of methoxy groups -OCH3 is 1. The van der Waals surface area contributed by atoms with Gasteiger partial charge in [-0.2, -0.15) is 0 Å². The smallest absolute Gasteiger partial charge is 0.337 e. The molecule has 0 amide bonds. The van der Waals surface area contributed by atoms with Gasteiger partial charge in [-0.1, -0.05) is 26.0 Å². The molecule has 0 saturated heterocycles. The lowest BCUT2D eigenvalue weighted by Crippen LogP contribution is -2.22. The molecule has 0 N–H and O–H groups in total. The van der Waals surface area contributed by atoms with Crippen molar-refractivity contribution >= 4 is 15.8 Å². The minimum absolute atomic E-state index is 0.0922. The Kier molecular flexibility index (Phi) is 6.17. The van der Waals surface area contributed by atoms with E-state index in [4.69, 9.17) is 0 Å². The molecule has 0 aliphatic rings. The summed E-state index contributed by atoms with van der Waals surface area (Å²) in [5.74, 6) is -0.727. The normalized spacial score (nSPS) is 11.9. The van der Waals surface area contributed by atoms with Gasteiger partial charge >= 0.3 is 5.97 Å². The average molecular weight is 444 g/mol. The standard InChI is InChI=1S/C22H22FN3O4S/c1-22(2,15-6-5-7-16(11-15)31(4,28)29)12-20-24-13-19(25-26-20)17-10-14(21(27)30-3)8-9-18(17)23/h5-11,13H,12H2,1-4H3. The minimum Gasteiger partial charge on any atom is -0.465 e. The van der Waals surface area contributed by atoms with Gasteiger partial charge in [-0.05, 0) is 41.3 Å². The SMILES string of the molecule is COC(=O)c1ccc(F)c(-c2cnc(CC(C)(C)c3cccc(S(C)(=O)=O)c3)nn2)c1. The number of hydrogen-bond donors (Lipinski definition) is 0. The van der Waals surface area contributed by atoms with Crippen molar-refractivity contribution in [3.8, 4) is 11.3 Å². The van der Waals surface area contributed by atoms with Crippen LogP contribution in [0, 0.1) is 5.82 Å². The van der Waals surface area contributed by atoms with Gasteiger partial charge in [0.05, 0.1) is 23.8 Å². The van der Waals surface area contributed by atoms with E-state index in [0.29, 0.717) is 12.2 Å². The molecule has 3 aromatic rings. The lowest BCUT2D eigenvalue weighted by molar-refractivity contribution is 0.0600. The zero-order valence-electron chi connectivity index (χ0n) is 17.6. The first-order valence-electron chi connectivity index (χ1n) is 9.39. The number of benzene rings is 2. The Morgan fingerprint density at radius 2 is 1.87 bits per heavy atom. The summed E-state index contributed by atoms with van der Waals surface area (Å²) in [4.78, 5) is 16.2. The third-order valence-corrected chi connectivity index (χ3v) is 6.03. The number of ether oxygens (including phenoxy) is 1. The number of halogens is 1. The molecule has 0 atom stereocenters. The Hall–Kier alpha value is -3.20. The van der Waals surface area contributed by atoms with E-state index in [0.717, 1.165) is 11.6 Å². The summed E-state index contributed by atoms with van der Waals surface area (Å²) in [5, 5.41) is 8.18. The highest BCUT2D eigenvalue weighted by molar-refractivity contribution is 7.90. The van der Waals surface area contributed by atoms with Gasteiger partial charge in [0.1, 0.15) is 11.5 Å². The number of esters is 1. The highest BCUT2D eigenvalue weighted by Gasteiger charge is 2.24. The molecule has 1 heterocycles. The summed E-state index contributed by atoms with van der Waals surface area (Å²) in [5.41, 5.74) is 0.815. The van der Waals surface area contributed by atoms with E-state index in [2.05, 4.69) is 19.9 Å². The van der Waals surface area contributed by atoms with Crippen LogP contribution in [-0.4, -0.2) is 42.9 Å². The highest BCUT2D eigenvalue weighted by Crippen LogP contribution is 2.29. The summed E-state index contributed by atoms with van der Waals surface area (Å²) in [6.45, 7) is 3.90. The molecular weight excluding hydrogens is 421 g/mol. The van der Waals surface area contributed by atoms with E-state index in [1.54, 1.807) is 18.2 Å². The predicted octanol–water partition coefficient (Wildman–Crippen LogP) is 3.39. The summed E-state index contributed by atoms with van der Waals surface area (Å²) < 4.78 is 42.6. The molecule has 162 valence electrons. The van der Waals surface area contributed by atoms with E-state index in [1.165, 1.54) is 31.7 Å². The molecule has 0 fully saturated rings. The first kappa shape index (κ1) is 22.5. The molecule has 2 aromatic carbocycles. The summed E-state index contributed by atoms with van der Waals surface area (Å²) in [6.07, 6.45) is 2.95. The van der Waals surface area contributed by atoms with Crippen LogP contribution in [0.5, 0.6) is 0 Å². The number of hydrogen-bond acceptors (Lipinski definition) is 7. The Balaban J connectivity index is 1.87. The monoisotopic (exact) mass is 443 g/mol. The van der Waals surface area contributed by atoms with Crippen LogP contribution in [0.3, 0.4) is 0 Å². The van der Waals surface area contributed by atoms with Gasteiger partial charge in [-0.25, -0.2) is 22.6 Å². The Morgan fingerprint density at radius 3 is 2.48 bits per heavy atom. The van der Waals surface area contributed by atoms with Crippen molar-refractivity contribution in [3.63, 3.8) is 0 Å². The van der Waals surface area contributed by atoms with Crippen LogP contribution in [0.15, 0.2) is 53.6 Å². The highest BCUT2D eigenvalue weighted by atomic mass is 32.2. The van der Waals surface area contributed by atoms with Crippen LogP contribution < -0.4 is 0 Å². The van der Waals surface area contributed by atoms with Gasteiger partial charge < -0.3 is 4.74 Å². The lowest BCUT2D eigenvalue weighted by atomic mass is 9.81. The summed E-state index contributed by atoms with van der Waals surface area (Å²) in [7, 11) is -2.08. The van der Waals surface area contributed by atoms with Crippen LogP contribution in [0.4, 0.5) is 4.39 Å². The number of rotatable bonds is 6. The fraction of sp³-hybridized carbons (Fsp3) is 0.273. The zero-order valence-corrected chi connectivity index (χ0v) is 18.4. The molecule has 7 nitrogen and oxygen atoms in total. The Morgan fingerprint density at radius 1 is 1.13 bits per heavy atom. The Bertz CT molecular complexity index is 1230. The van der Waals surface area contributed by atoms with Gasteiger partial charge in [0.15, 0.2) is 15.7 Å². The Labute approximate surface area is 180 Å². The quantitative estimate of drug-likeness (QED) is 0.539. The second kappa shape index (κ2) is 8.50. The topological polar surface area (TPSA) is 99.1 Å². The molecule has 0 saturated carbocycles. The van der Waals surface area contributed by atoms with Crippen molar-refractivity contribution in [2.24, 2.45) is 0 Å². The molecule has 0 aliphatic heterocycles. The van der Waals surface area contributed by atoms with Crippen molar-refractivity contribution in [1.29, 1.82) is 0 Å².